The fourth-order valence-electron chi connectivity index (χ4n) is 4.00. The third-order valence-electron chi connectivity index (χ3n) is 5.94. The summed E-state index contributed by atoms with van der Waals surface area (Å²) in [5.74, 6) is -3.41. The van der Waals surface area contributed by atoms with Crippen LogP contribution in [0.1, 0.15) is 49.0 Å². The molecule has 9 heteroatoms. The third kappa shape index (κ3) is 2.64. The molecule has 28 heavy (non-hydrogen) atoms. The summed E-state index contributed by atoms with van der Waals surface area (Å²) in [6, 6.07) is -0.142. The molecule has 1 aliphatic heterocycles. The second-order valence-corrected chi connectivity index (χ2v) is 7.82. The number of nitrogens with two attached hydrogens (primary N) is 2. The Hall–Kier alpha value is -2.68. The highest BCUT2D eigenvalue weighted by molar-refractivity contribution is 5.99. The molecule has 1 unspecified atom stereocenters. The molecule has 5 N–H and O–H groups in total. The lowest BCUT2D eigenvalue weighted by atomic mass is 9.97. The van der Waals surface area contributed by atoms with E-state index in [1.807, 2.05) is 6.92 Å². The molecule has 4 rings (SSSR count). The quantitative estimate of drug-likeness (QED) is 0.688. The number of halogens is 2. The number of nitrogens with zero attached hydrogens (tertiary/aromatic N) is 2. The standard InChI is InChI=1S/C19H22F2N4O3/c1-2-19(23)5-6-24(8-19)16-12(20)14(22)11-15(13(16)21)25(9-3-4-9)7-10(17(11)26)18(27)28/h7,9H,2-6,8,22-23H2,1H3,(H,27,28). The van der Waals surface area contributed by atoms with Crippen molar-refractivity contribution >= 4 is 28.2 Å². The first-order chi connectivity index (χ1) is 13.2. The largest absolute Gasteiger partial charge is 0.477 e. The van der Waals surface area contributed by atoms with Gasteiger partial charge >= 0.3 is 5.97 Å². The summed E-state index contributed by atoms with van der Waals surface area (Å²) in [7, 11) is 0. The van der Waals surface area contributed by atoms with Gasteiger partial charge in [0.1, 0.15) is 11.3 Å². The van der Waals surface area contributed by atoms with Crippen LogP contribution in [0.2, 0.25) is 0 Å². The molecular weight excluding hydrogens is 370 g/mol. The molecular formula is C19H22F2N4O3. The Labute approximate surface area is 159 Å². The van der Waals surface area contributed by atoms with E-state index in [0.29, 0.717) is 32.2 Å². The molecule has 2 fully saturated rings. The van der Waals surface area contributed by atoms with Gasteiger partial charge in [0.15, 0.2) is 11.6 Å². The topological polar surface area (TPSA) is 115 Å². The number of carboxylic acid groups (broad SMARTS) is 1. The highest BCUT2D eigenvalue weighted by Gasteiger charge is 2.38. The average molecular weight is 392 g/mol. The molecule has 150 valence electrons. The van der Waals surface area contributed by atoms with E-state index < -0.39 is 45.2 Å². The molecule has 2 aromatic rings. The smallest absolute Gasteiger partial charge is 0.341 e. The first-order valence-electron chi connectivity index (χ1n) is 9.31. The zero-order valence-electron chi connectivity index (χ0n) is 15.5. The number of nitrogen functional groups attached to an aromatic ring is 1. The molecule has 1 atom stereocenters. The van der Waals surface area contributed by atoms with Crippen molar-refractivity contribution in [3.63, 3.8) is 0 Å². The van der Waals surface area contributed by atoms with Gasteiger partial charge in [-0.3, -0.25) is 4.79 Å². The number of carbonyl (C=O) groups is 1. The zero-order valence-corrected chi connectivity index (χ0v) is 15.5. The van der Waals surface area contributed by atoms with Gasteiger partial charge in [0.25, 0.3) is 0 Å². The first kappa shape index (κ1) is 18.7. The van der Waals surface area contributed by atoms with Crippen molar-refractivity contribution in [3.05, 3.63) is 33.6 Å². The molecule has 2 aliphatic rings. The van der Waals surface area contributed by atoms with Crippen molar-refractivity contribution in [2.24, 2.45) is 5.73 Å². The van der Waals surface area contributed by atoms with E-state index in [1.165, 1.54) is 9.47 Å². The number of anilines is 2. The van der Waals surface area contributed by atoms with E-state index >= 15 is 8.78 Å². The predicted molar refractivity (Wildman–Crippen MR) is 102 cm³/mol. The van der Waals surface area contributed by atoms with E-state index in [1.54, 1.807) is 0 Å². The summed E-state index contributed by atoms with van der Waals surface area (Å²) in [5, 5.41) is 8.91. The number of fused-ring (bicyclic) bond motifs is 1. The molecule has 0 bridgehead atoms. The summed E-state index contributed by atoms with van der Waals surface area (Å²) in [5.41, 5.74) is 9.12. The lowest BCUT2D eigenvalue weighted by Crippen LogP contribution is -2.42. The number of hydrogen-bond acceptors (Lipinski definition) is 5. The molecule has 1 aromatic carbocycles. The summed E-state index contributed by atoms with van der Waals surface area (Å²) in [6.07, 6.45) is 3.81. The van der Waals surface area contributed by atoms with Gasteiger partial charge in [0.05, 0.1) is 16.6 Å². The third-order valence-corrected chi connectivity index (χ3v) is 5.94. The Morgan fingerprint density at radius 2 is 2.04 bits per heavy atom. The van der Waals surface area contributed by atoms with Crippen LogP contribution in [0.25, 0.3) is 10.9 Å². The SMILES string of the molecule is CCC1(N)CCN(c2c(F)c(N)c3c(=O)c(C(=O)O)cn(C4CC4)c3c2F)C1. The van der Waals surface area contributed by atoms with Gasteiger partial charge in [0, 0.05) is 30.9 Å². The number of benzene rings is 1. The Balaban J connectivity index is 2.03. The number of carboxylic acids is 1. The minimum atomic E-state index is -1.46. The van der Waals surface area contributed by atoms with Crippen molar-refractivity contribution in [1.29, 1.82) is 0 Å². The molecule has 0 amide bonds. The lowest BCUT2D eigenvalue weighted by Gasteiger charge is -2.26. The molecule has 2 heterocycles. The van der Waals surface area contributed by atoms with Crippen LogP contribution in [0.5, 0.6) is 0 Å². The minimum Gasteiger partial charge on any atom is -0.477 e. The fraction of sp³-hybridized carbons (Fsp3) is 0.474. The van der Waals surface area contributed by atoms with Crippen LogP contribution in [-0.4, -0.2) is 34.3 Å². The summed E-state index contributed by atoms with van der Waals surface area (Å²) in [6.45, 7) is 2.55. The molecule has 1 saturated heterocycles. The van der Waals surface area contributed by atoms with Crippen LogP contribution >= 0.6 is 0 Å². The van der Waals surface area contributed by atoms with Crippen molar-refractivity contribution in [2.75, 3.05) is 23.7 Å². The summed E-state index contributed by atoms with van der Waals surface area (Å²) < 4.78 is 32.1. The Morgan fingerprint density at radius 1 is 1.36 bits per heavy atom. The van der Waals surface area contributed by atoms with Crippen molar-refractivity contribution < 1.29 is 18.7 Å². The van der Waals surface area contributed by atoms with Crippen LogP contribution in [0, 0.1) is 11.6 Å². The maximum absolute atomic E-state index is 15.6. The summed E-state index contributed by atoms with van der Waals surface area (Å²) >= 11 is 0. The van der Waals surface area contributed by atoms with E-state index in [9.17, 15) is 14.7 Å². The van der Waals surface area contributed by atoms with Gasteiger partial charge < -0.3 is 26.0 Å². The maximum Gasteiger partial charge on any atom is 0.341 e. The number of aromatic carboxylic acids is 1. The van der Waals surface area contributed by atoms with Crippen LogP contribution in [0.4, 0.5) is 20.2 Å². The van der Waals surface area contributed by atoms with E-state index in [2.05, 4.69) is 0 Å². The molecule has 1 aromatic heterocycles. The van der Waals surface area contributed by atoms with Crippen molar-refractivity contribution in [2.45, 2.75) is 44.2 Å². The molecule has 0 spiro atoms. The zero-order chi connectivity index (χ0) is 20.4. The second-order valence-electron chi connectivity index (χ2n) is 7.82. The van der Waals surface area contributed by atoms with E-state index in [0.717, 1.165) is 6.20 Å². The van der Waals surface area contributed by atoms with Crippen molar-refractivity contribution in [1.82, 2.24) is 4.57 Å². The molecule has 1 aliphatic carbocycles. The molecule has 0 radical (unpaired) electrons. The highest BCUT2D eigenvalue weighted by Crippen LogP contribution is 2.42. The van der Waals surface area contributed by atoms with Gasteiger partial charge in [0.2, 0.25) is 5.43 Å². The van der Waals surface area contributed by atoms with Crippen LogP contribution in [0.15, 0.2) is 11.0 Å². The monoisotopic (exact) mass is 392 g/mol. The second kappa shape index (κ2) is 6.16. The van der Waals surface area contributed by atoms with E-state index in [-0.39, 0.29) is 23.8 Å². The van der Waals surface area contributed by atoms with Crippen LogP contribution < -0.4 is 21.8 Å². The molecule has 1 saturated carbocycles. The Morgan fingerprint density at radius 3 is 2.57 bits per heavy atom. The van der Waals surface area contributed by atoms with Crippen molar-refractivity contribution in [3.8, 4) is 0 Å². The maximum atomic E-state index is 15.6. The van der Waals surface area contributed by atoms with Gasteiger partial charge in [-0.05, 0) is 25.7 Å². The average Bonchev–Trinajstić information content (AvgIpc) is 3.42. The van der Waals surface area contributed by atoms with Gasteiger partial charge in [-0.1, -0.05) is 6.92 Å². The van der Waals surface area contributed by atoms with E-state index in [4.69, 9.17) is 11.5 Å². The minimum absolute atomic E-state index is 0.141. The predicted octanol–water partition coefficient (Wildman–Crippen LogP) is 2.21. The highest BCUT2D eigenvalue weighted by atomic mass is 19.1. The Bertz CT molecular complexity index is 1060. The summed E-state index contributed by atoms with van der Waals surface area (Å²) in [4.78, 5) is 25.6. The first-order valence-corrected chi connectivity index (χ1v) is 9.31. The number of rotatable bonds is 4. The van der Waals surface area contributed by atoms with Crippen LogP contribution in [0.3, 0.4) is 0 Å². The number of pyridine rings is 1. The number of hydrogen-bond donors (Lipinski definition) is 3. The number of aromatic nitrogens is 1. The normalized spacial score (nSPS) is 22.2. The lowest BCUT2D eigenvalue weighted by molar-refractivity contribution is 0.0695. The van der Waals surface area contributed by atoms with Gasteiger partial charge in [-0.25, -0.2) is 13.6 Å². The molecule has 7 nitrogen and oxygen atoms in total. The fourth-order valence-corrected chi connectivity index (χ4v) is 4.00. The van der Waals surface area contributed by atoms with Gasteiger partial charge in [-0.2, -0.15) is 0 Å². The van der Waals surface area contributed by atoms with Crippen LogP contribution in [-0.2, 0) is 0 Å². The van der Waals surface area contributed by atoms with Gasteiger partial charge in [-0.15, -0.1) is 0 Å². The Kier molecular flexibility index (Phi) is 4.11.